The Bertz CT molecular complexity index is 854. The first kappa shape index (κ1) is 17.7. The average molecular weight is 363 g/mol. The lowest BCUT2D eigenvalue weighted by Crippen LogP contribution is -2.37. The van der Waals surface area contributed by atoms with Crippen molar-refractivity contribution in [2.45, 2.75) is 0 Å². The van der Waals surface area contributed by atoms with Crippen LogP contribution in [0.15, 0.2) is 36.4 Å². The lowest BCUT2D eigenvalue weighted by atomic mass is 10.1. The van der Waals surface area contributed by atoms with E-state index in [0.717, 1.165) is 18.2 Å². The van der Waals surface area contributed by atoms with Crippen LogP contribution < -0.4 is 10.2 Å². The molecule has 1 saturated heterocycles. The van der Waals surface area contributed by atoms with E-state index in [1.165, 1.54) is 12.1 Å². The molecule has 0 saturated carbocycles. The van der Waals surface area contributed by atoms with Crippen LogP contribution in [0.2, 0.25) is 0 Å². The number of carbonyl (C=O) groups excluding carboxylic acids is 1. The van der Waals surface area contributed by atoms with Gasteiger partial charge in [0, 0.05) is 31.3 Å². The number of benzene rings is 2. The average Bonchev–Trinajstić information content (AvgIpc) is 2.64. The van der Waals surface area contributed by atoms with E-state index in [0.29, 0.717) is 38.1 Å². The Labute approximate surface area is 147 Å². The normalized spacial score (nSPS) is 14.2. The summed E-state index contributed by atoms with van der Waals surface area (Å²) in [4.78, 5) is 24.9. The Hall–Kier alpha value is -3.07. The summed E-state index contributed by atoms with van der Waals surface area (Å²) in [5, 5.41) is 13.4. The Balaban J connectivity index is 1.95. The molecule has 1 aliphatic rings. The van der Waals surface area contributed by atoms with Crippen molar-refractivity contribution in [3.05, 3.63) is 63.7 Å². The van der Waals surface area contributed by atoms with E-state index in [1.54, 1.807) is 0 Å². The number of nitro groups is 1. The van der Waals surface area contributed by atoms with Gasteiger partial charge in [0.25, 0.3) is 11.6 Å². The monoisotopic (exact) mass is 363 g/mol. The van der Waals surface area contributed by atoms with Gasteiger partial charge >= 0.3 is 0 Å². The van der Waals surface area contributed by atoms with Crippen LogP contribution in [0.5, 0.6) is 0 Å². The molecular weight excluding hydrogens is 348 g/mol. The molecule has 0 aliphatic carbocycles. The summed E-state index contributed by atoms with van der Waals surface area (Å²) in [5.74, 6) is -2.43. The number of halogens is 2. The molecule has 2 aromatic rings. The zero-order chi connectivity index (χ0) is 18.7. The van der Waals surface area contributed by atoms with Gasteiger partial charge in [0.15, 0.2) is 0 Å². The highest BCUT2D eigenvalue weighted by Crippen LogP contribution is 2.27. The van der Waals surface area contributed by atoms with Crippen molar-refractivity contribution >= 4 is 23.0 Å². The van der Waals surface area contributed by atoms with Crippen LogP contribution in [0.1, 0.15) is 10.4 Å². The smallest absolute Gasteiger partial charge is 0.270 e. The number of hydrogen-bond acceptors (Lipinski definition) is 5. The molecule has 0 radical (unpaired) electrons. The molecule has 0 atom stereocenters. The van der Waals surface area contributed by atoms with Crippen molar-refractivity contribution < 1.29 is 23.2 Å². The van der Waals surface area contributed by atoms with Crippen molar-refractivity contribution in [1.82, 2.24) is 0 Å². The first-order chi connectivity index (χ1) is 12.5. The van der Waals surface area contributed by atoms with Crippen LogP contribution in [0.25, 0.3) is 0 Å². The molecule has 0 bridgehead atoms. The molecular formula is C17H15F2N3O4. The van der Waals surface area contributed by atoms with Crippen molar-refractivity contribution in [3.63, 3.8) is 0 Å². The molecule has 2 aromatic carbocycles. The van der Waals surface area contributed by atoms with Gasteiger partial charge in [-0.3, -0.25) is 14.9 Å². The summed E-state index contributed by atoms with van der Waals surface area (Å²) < 4.78 is 32.1. The summed E-state index contributed by atoms with van der Waals surface area (Å²) in [6.45, 7) is 1.96. The predicted molar refractivity (Wildman–Crippen MR) is 90.4 cm³/mol. The third kappa shape index (κ3) is 3.77. The second-order valence-electron chi connectivity index (χ2n) is 5.64. The van der Waals surface area contributed by atoms with Gasteiger partial charge < -0.3 is 15.0 Å². The molecule has 0 unspecified atom stereocenters. The molecule has 3 rings (SSSR count). The fourth-order valence-electron chi connectivity index (χ4n) is 2.68. The minimum absolute atomic E-state index is 0.0322. The van der Waals surface area contributed by atoms with Gasteiger partial charge in [0.2, 0.25) is 0 Å². The van der Waals surface area contributed by atoms with Crippen molar-refractivity contribution in [3.8, 4) is 0 Å². The quantitative estimate of drug-likeness (QED) is 0.667. The summed E-state index contributed by atoms with van der Waals surface area (Å²) in [5.41, 5.74) is 0.0475. The Morgan fingerprint density at radius 3 is 2.54 bits per heavy atom. The van der Waals surface area contributed by atoms with Crippen molar-refractivity contribution in [2.75, 3.05) is 36.5 Å². The number of non-ortho nitro benzene ring substituents is 1. The highest BCUT2D eigenvalue weighted by molar-refractivity contribution is 6.08. The number of rotatable bonds is 4. The molecule has 0 spiro atoms. The molecule has 1 aliphatic heterocycles. The summed E-state index contributed by atoms with van der Waals surface area (Å²) in [6.07, 6.45) is 0. The topological polar surface area (TPSA) is 84.7 Å². The van der Waals surface area contributed by atoms with Gasteiger partial charge in [-0.15, -0.1) is 0 Å². The van der Waals surface area contributed by atoms with Crippen LogP contribution >= 0.6 is 0 Å². The zero-order valence-corrected chi connectivity index (χ0v) is 13.6. The van der Waals surface area contributed by atoms with Crippen LogP contribution in [0, 0.1) is 21.7 Å². The number of nitrogens with one attached hydrogen (secondary N) is 1. The number of anilines is 2. The van der Waals surface area contributed by atoms with E-state index in [1.807, 2.05) is 4.90 Å². The first-order valence-corrected chi connectivity index (χ1v) is 7.83. The number of ether oxygens (including phenoxy) is 1. The van der Waals surface area contributed by atoms with E-state index in [9.17, 15) is 23.7 Å². The van der Waals surface area contributed by atoms with Crippen molar-refractivity contribution in [2.24, 2.45) is 0 Å². The van der Waals surface area contributed by atoms with Gasteiger partial charge in [-0.1, -0.05) is 0 Å². The molecule has 1 N–H and O–H groups in total. The standard InChI is InChI=1S/C17H15F2N3O4/c18-11-1-3-15(14(19)9-11)20-17(23)13-10-12(22(24)25)2-4-16(13)21-5-7-26-8-6-21/h1-4,9-10H,5-8H2,(H,20,23). The van der Waals surface area contributed by atoms with Crippen LogP contribution in [-0.4, -0.2) is 37.1 Å². The largest absolute Gasteiger partial charge is 0.378 e. The second-order valence-corrected chi connectivity index (χ2v) is 5.64. The summed E-state index contributed by atoms with van der Waals surface area (Å²) in [7, 11) is 0. The molecule has 1 amide bonds. The summed E-state index contributed by atoms with van der Waals surface area (Å²) in [6, 6.07) is 6.68. The van der Waals surface area contributed by atoms with Crippen LogP contribution in [0.4, 0.5) is 25.8 Å². The van der Waals surface area contributed by atoms with Crippen molar-refractivity contribution in [1.29, 1.82) is 0 Å². The maximum absolute atomic E-state index is 13.8. The predicted octanol–water partition coefficient (Wildman–Crippen LogP) is 2.96. The second kappa shape index (κ2) is 7.44. The minimum atomic E-state index is -0.934. The number of morpholine rings is 1. The number of nitrogens with zero attached hydrogens (tertiary/aromatic N) is 2. The number of carbonyl (C=O) groups is 1. The zero-order valence-electron chi connectivity index (χ0n) is 13.6. The minimum Gasteiger partial charge on any atom is -0.378 e. The Kier molecular flexibility index (Phi) is 5.08. The molecule has 1 heterocycles. The van der Waals surface area contributed by atoms with E-state index in [4.69, 9.17) is 4.74 Å². The summed E-state index contributed by atoms with van der Waals surface area (Å²) >= 11 is 0. The van der Waals surface area contributed by atoms with Gasteiger partial charge in [0.1, 0.15) is 11.6 Å². The fourth-order valence-corrected chi connectivity index (χ4v) is 2.68. The van der Waals surface area contributed by atoms with Gasteiger partial charge in [0.05, 0.1) is 35.1 Å². The van der Waals surface area contributed by atoms with E-state index in [-0.39, 0.29) is 16.9 Å². The molecule has 9 heteroatoms. The number of hydrogen-bond donors (Lipinski definition) is 1. The Morgan fingerprint density at radius 1 is 1.15 bits per heavy atom. The van der Waals surface area contributed by atoms with E-state index in [2.05, 4.69) is 5.32 Å². The highest BCUT2D eigenvalue weighted by atomic mass is 19.1. The molecule has 26 heavy (non-hydrogen) atoms. The molecule has 136 valence electrons. The van der Waals surface area contributed by atoms with E-state index < -0.39 is 22.5 Å². The van der Waals surface area contributed by atoms with Crippen LogP contribution in [-0.2, 0) is 4.74 Å². The van der Waals surface area contributed by atoms with Gasteiger partial charge in [-0.05, 0) is 18.2 Å². The first-order valence-electron chi connectivity index (χ1n) is 7.83. The van der Waals surface area contributed by atoms with Crippen LogP contribution in [0.3, 0.4) is 0 Å². The van der Waals surface area contributed by atoms with Gasteiger partial charge in [-0.2, -0.15) is 0 Å². The highest BCUT2D eigenvalue weighted by Gasteiger charge is 2.22. The molecule has 1 fully saturated rings. The SMILES string of the molecule is O=C(Nc1ccc(F)cc1F)c1cc([N+](=O)[O-])ccc1N1CCOCC1. The third-order valence-corrected chi connectivity index (χ3v) is 3.97. The lowest BCUT2D eigenvalue weighted by Gasteiger charge is -2.30. The fraction of sp³-hybridized carbons (Fsp3) is 0.235. The maximum atomic E-state index is 13.8. The lowest BCUT2D eigenvalue weighted by molar-refractivity contribution is -0.384. The van der Waals surface area contributed by atoms with E-state index >= 15 is 0 Å². The molecule has 7 nitrogen and oxygen atoms in total. The Morgan fingerprint density at radius 2 is 1.88 bits per heavy atom. The maximum Gasteiger partial charge on any atom is 0.270 e. The molecule has 0 aromatic heterocycles. The number of nitro benzene ring substituents is 1. The number of amides is 1. The van der Waals surface area contributed by atoms with Gasteiger partial charge in [-0.25, -0.2) is 8.78 Å². The third-order valence-electron chi connectivity index (χ3n) is 3.97.